The molecule has 0 fully saturated rings. The van der Waals surface area contributed by atoms with Crippen molar-refractivity contribution in [2.75, 3.05) is 0 Å². The van der Waals surface area contributed by atoms with Gasteiger partial charge in [-0.25, -0.2) is 9.59 Å². The van der Waals surface area contributed by atoms with Crippen LogP contribution in [0.15, 0.2) is 25.3 Å². The van der Waals surface area contributed by atoms with Crippen molar-refractivity contribution < 1.29 is 23.5 Å². The number of hydrogen-bond donors (Lipinski definition) is 0. The van der Waals surface area contributed by atoms with E-state index in [0.29, 0.717) is 0 Å². The van der Waals surface area contributed by atoms with Crippen LogP contribution in [-0.4, -0.2) is 20.5 Å². The summed E-state index contributed by atoms with van der Waals surface area (Å²) in [4.78, 5) is 25.7. The monoisotopic (exact) mass is 216 g/mol. The Bertz CT molecular complexity index is 258. The summed E-state index contributed by atoms with van der Waals surface area (Å²) in [5.41, 5.74) is 0. The summed E-state index contributed by atoms with van der Waals surface area (Å²) in [7, 11) is -2.78. The lowest BCUT2D eigenvalue weighted by Gasteiger charge is -2.18. The average Bonchev–Trinajstić information content (AvgIpc) is 2.13. The van der Waals surface area contributed by atoms with Crippen molar-refractivity contribution in [1.29, 1.82) is 0 Å². The Morgan fingerprint density at radius 3 is 2.07 bits per heavy atom. The van der Waals surface area contributed by atoms with E-state index in [0.717, 1.165) is 12.2 Å². The summed E-state index contributed by atoms with van der Waals surface area (Å²) in [5.74, 6) is -1.35. The molecule has 0 N–H and O–H groups in total. The third kappa shape index (κ3) is 5.28. The molecule has 14 heavy (non-hydrogen) atoms. The molecule has 0 atom stereocenters. The van der Waals surface area contributed by atoms with Crippen molar-refractivity contribution in [1.82, 2.24) is 0 Å². The second kappa shape index (κ2) is 5.35. The Labute approximate surface area is 83.1 Å². The van der Waals surface area contributed by atoms with Gasteiger partial charge in [0, 0.05) is 12.2 Å². The van der Waals surface area contributed by atoms with Crippen LogP contribution >= 0.6 is 0 Å². The summed E-state index contributed by atoms with van der Waals surface area (Å²) >= 11 is 0. The molecule has 0 aliphatic heterocycles. The maximum atomic E-state index is 10.8. The SMILES string of the molecule is C=CC(=O)OO[Si](C)(C)OC(=O)C=C. The minimum Gasteiger partial charge on any atom is -0.489 e. The first-order valence-corrected chi connectivity index (χ1v) is 6.60. The van der Waals surface area contributed by atoms with Crippen LogP contribution in [0.3, 0.4) is 0 Å². The third-order valence-electron chi connectivity index (χ3n) is 1.00. The highest BCUT2D eigenvalue weighted by Gasteiger charge is 2.31. The summed E-state index contributed by atoms with van der Waals surface area (Å²) in [5, 5.41) is 0. The van der Waals surface area contributed by atoms with Gasteiger partial charge in [-0.3, -0.25) is 0 Å². The van der Waals surface area contributed by atoms with Gasteiger partial charge in [-0.05, 0) is 13.1 Å². The quantitative estimate of drug-likeness (QED) is 0.298. The van der Waals surface area contributed by atoms with Gasteiger partial charge in [-0.1, -0.05) is 13.2 Å². The second-order valence-electron chi connectivity index (χ2n) is 2.71. The zero-order valence-electron chi connectivity index (χ0n) is 8.11. The maximum Gasteiger partial charge on any atom is 0.442 e. The van der Waals surface area contributed by atoms with Crippen LogP contribution in [0, 0.1) is 0 Å². The van der Waals surface area contributed by atoms with E-state index in [1.807, 2.05) is 0 Å². The minimum absolute atomic E-state index is 0.615. The smallest absolute Gasteiger partial charge is 0.442 e. The normalized spacial score (nSPS) is 10.1. The Morgan fingerprint density at radius 1 is 1.14 bits per heavy atom. The molecule has 0 spiro atoms. The minimum atomic E-state index is -2.78. The van der Waals surface area contributed by atoms with E-state index in [1.165, 1.54) is 0 Å². The molecule has 0 aliphatic carbocycles. The van der Waals surface area contributed by atoms with Gasteiger partial charge in [0.05, 0.1) is 0 Å². The van der Waals surface area contributed by atoms with Crippen LogP contribution in [0.1, 0.15) is 0 Å². The molecular formula is C8H12O5Si. The Kier molecular flexibility index (Phi) is 4.82. The molecule has 0 aliphatic rings. The van der Waals surface area contributed by atoms with E-state index in [1.54, 1.807) is 13.1 Å². The predicted molar refractivity (Wildman–Crippen MR) is 51.1 cm³/mol. The van der Waals surface area contributed by atoms with E-state index in [2.05, 4.69) is 22.6 Å². The van der Waals surface area contributed by atoms with Gasteiger partial charge in [-0.15, -0.1) is 0 Å². The van der Waals surface area contributed by atoms with Crippen LogP contribution in [0.25, 0.3) is 0 Å². The number of carbonyl (C=O) groups is 2. The van der Waals surface area contributed by atoms with E-state index < -0.39 is 20.5 Å². The van der Waals surface area contributed by atoms with Gasteiger partial charge >= 0.3 is 20.5 Å². The lowest BCUT2D eigenvalue weighted by Crippen LogP contribution is -2.37. The summed E-state index contributed by atoms with van der Waals surface area (Å²) in [6.07, 6.45) is 1.95. The molecule has 6 heteroatoms. The van der Waals surface area contributed by atoms with Gasteiger partial charge in [0.2, 0.25) is 0 Å². The molecule has 5 nitrogen and oxygen atoms in total. The molecule has 0 heterocycles. The van der Waals surface area contributed by atoms with E-state index in [9.17, 15) is 9.59 Å². The van der Waals surface area contributed by atoms with Crippen molar-refractivity contribution in [3.63, 3.8) is 0 Å². The average molecular weight is 216 g/mol. The summed E-state index contributed by atoms with van der Waals surface area (Å²) in [6, 6.07) is 0. The first kappa shape index (κ1) is 12.6. The van der Waals surface area contributed by atoms with Crippen molar-refractivity contribution in [3.05, 3.63) is 25.3 Å². The first-order chi connectivity index (χ1) is 6.41. The Balaban J connectivity index is 4.06. The van der Waals surface area contributed by atoms with Crippen molar-refractivity contribution in [2.24, 2.45) is 0 Å². The summed E-state index contributed by atoms with van der Waals surface area (Å²) < 4.78 is 9.51. The fourth-order valence-electron chi connectivity index (χ4n) is 0.476. The third-order valence-corrected chi connectivity index (χ3v) is 2.18. The van der Waals surface area contributed by atoms with Gasteiger partial charge in [0.1, 0.15) is 0 Å². The van der Waals surface area contributed by atoms with Gasteiger partial charge in [0.15, 0.2) is 0 Å². The number of hydrogen-bond acceptors (Lipinski definition) is 5. The molecule has 0 radical (unpaired) electrons. The van der Waals surface area contributed by atoms with E-state index in [4.69, 9.17) is 4.43 Å². The zero-order valence-corrected chi connectivity index (χ0v) is 9.11. The van der Waals surface area contributed by atoms with Crippen molar-refractivity contribution >= 4 is 20.5 Å². The fourth-order valence-corrected chi connectivity index (χ4v) is 1.36. The molecule has 0 amide bonds. The van der Waals surface area contributed by atoms with Crippen molar-refractivity contribution in [2.45, 2.75) is 13.1 Å². The Morgan fingerprint density at radius 2 is 1.64 bits per heavy atom. The molecule has 0 aromatic carbocycles. The van der Waals surface area contributed by atoms with Gasteiger partial charge in [-0.2, -0.15) is 4.58 Å². The van der Waals surface area contributed by atoms with Gasteiger partial charge < -0.3 is 9.31 Å². The first-order valence-electron chi connectivity index (χ1n) is 3.79. The highest BCUT2D eigenvalue weighted by Crippen LogP contribution is 2.07. The molecule has 78 valence electrons. The molecule has 0 saturated heterocycles. The molecule has 0 rings (SSSR count). The summed E-state index contributed by atoms with van der Waals surface area (Å²) in [6.45, 7) is 9.49. The molecule has 0 unspecified atom stereocenters. The number of rotatable bonds is 5. The maximum absolute atomic E-state index is 10.8. The number of carbonyl (C=O) groups excluding carboxylic acids is 2. The van der Waals surface area contributed by atoms with Crippen LogP contribution in [0.4, 0.5) is 0 Å². The molecule has 0 saturated carbocycles. The van der Waals surface area contributed by atoms with E-state index in [-0.39, 0.29) is 0 Å². The standard InChI is InChI=1S/C8H12O5Si/c1-5-7(9)11-13-14(3,4)12-8(10)6-2/h5-6H,1-2H2,3-4H3. The van der Waals surface area contributed by atoms with Gasteiger partial charge in [0.25, 0.3) is 0 Å². The lowest BCUT2D eigenvalue weighted by atomic mass is 10.7. The van der Waals surface area contributed by atoms with Crippen LogP contribution in [-0.2, 0) is 23.5 Å². The van der Waals surface area contributed by atoms with Crippen LogP contribution in [0.5, 0.6) is 0 Å². The molecule has 0 bridgehead atoms. The van der Waals surface area contributed by atoms with Crippen LogP contribution in [0.2, 0.25) is 13.1 Å². The Hall–Kier alpha value is -1.40. The van der Waals surface area contributed by atoms with E-state index >= 15 is 0 Å². The highest BCUT2D eigenvalue weighted by molar-refractivity contribution is 6.66. The predicted octanol–water partition coefficient (Wildman–Crippen LogP) is 1.08. The molecular weight excluding hydrogens is 204 g/mol. The second-order valence-corrected chi connectivity index (χ2v) is 5.89. The zero-order chi connectivity index (χ0) is 11.2. The largest absolute Gasteiger partial charge is 0.489 e. The van der Waals surface area contributed by atoms with Crippen molar-refractivity contribution in [3.8, 4) is 0 Å². The lowest BCUT2D eigenvalue weighted by molar-refractivity contribution is -0.221. The van der Waals surface area contributed by atoms with Crippen LogP contribution < -0.4 is 0 Å². The topological polar surface area (TPSA) is 61.8 Å². The molecule has 0 aromatic rings. The molecule has 0 aromatic heterocycles. The fraction of sp³-hybridized carbons (Fsp3) is 0.250. The highest BCUT2D eigenvalue weighted by atomic mass is 28.4.